The van der Waals surface area contributed by atoms with Crippen molar-refractivity contribution in [3.05, 3.63) is 12.2 Å². The lowest BCUT2D eigenvalue weighted by molar-refractivity contribution is -0.0520. The molecule has 4 bridgehead atoms. The molecule has 0 aromatic rings. The van der Waals surface area contributed by atoms with E-state index in [4.69, 9.17) is 0 Å². The minimum absolute atomic E-state index is 0.723. The largest absolute Gasteiger partial charge is 0.100 e. The highest BCUT2D eigenvalue weighted by Gasteiger charge is 2.50. The van der Waals surface area contributed by atoms with E-state index in [1.54, 1.807) is 19.3 Å². The fraction of sp³-hybridized carbons (Fsp3) is 0.857. The Balaban J connectivity index is 1.83. The van der Waals surface area contributed by atoms with Crippen LogP contribution in [0.4, 0.5) is 0 Å². The van der Waals surface area contributed by atoms with Gasteiger partial charge in [0.25, 0.3) is 0 Å². The van der Waals surface area contributed by atoms with Crippen LogP contribution >= 0.6 is 0 Å². The van der Waals surface area contributed by atoms with E-state index in [-0.39, 0.29) is 0 Å². The molecule has 14 heavy (non-hydrogen) atoms. The lowest BCUT2D eigenvalue weighted by Crippen LogP contribution is -2.46. The second-order valence-electron chi connectivity index (χ2n) is 6.55. The fourth-order valence-corrected chi connectivity index (χ4v) is 5.15. The highest BCUT2D eigenvalue weighted by Crippen LogP contribution is 2.61. The average Bonchev–Trinajstić information content (AvgIpc) is 1.96. The second kappa shape index (κ2) is 2.87. The minimum Gasteiger partial charge on any atom is -0.100 e. The van der Waals surface area contributed by atoms with Crippen LogP contribution in [0.1, 0.15) is 51.9 Å². The standard InChI is InChI=1S/C14H22/c1-10(2)6-14-7-11-3-12(8-14)5-13(4-11)9-14/h11-13H,1,3-9H2,2H3. The predicted molar refractivity (Wildman–Crippen MR) is 60.0 cm³/mol. The van der Waals surface area contributed by atoms with Gasteiger partial charge in [-0.25, -0.2) is 0 Å². The molecule has 4 aliphatic rings. The van der Waals surface area contributed by atoms with Gasteiger partial charge in [-0.05, 0) is 75.0 Å². The Bertz CT molecular complexity index is 226. The highest BCUT2D eigenvalue weighted by molar-refractivity contribution is 5.06. The Morgan fingerprint density at radius 2 is 1.50 bits per heavy atom. The van der Waals surface area contributed by atoms with E-state index in [1.807, 2.05) is 0 Å². The third-order valence-electron chi connectivity index (χ3n) is 4.84. The SMILES string of the molecule is C=C(C)CC12CC3CC(CC(C3)C1)C2. The zero-order valence-electron chi connectivity index (χ0n) is 9.39. The van der Waals surface area contributed by atoms with E-state index in [0.29, 0.717) is 0 Å². The summed E-state index contributed by atoms with van der Waals surface area (Å²) in [4.78, 5) is 0. The van der Waals surface area contributed by atoms with Gasteiger partial charge in [0.2, 0.25) is 0 Å². The molecule has 4 rings (SSSR count). The van der Waals surface area contributed by atoms with Gasteiger partial charge in [-0.15, -0.1) is 6.58 Å². The first-order valence-corrected chi connectivity index (χ1v) is 6.30. The van der Waals surface area contributed by atoms with E-state index in [9.17, 15) is 0 Å². The van der Waals surface area contributed by atoms with Gasteiger partial charge in [-0.3, -0.25) is 0 Å². The normalized spacial score (nSPS) is 49.6. The second-order valence-corrected chi connectivity index (χ2v) is 6.55. The van der Waals surface area contributed by atoms with Crippen LogP contribution in [0.5, 0.6) is 0 Å². The number of hydrogen-bond donors (Lipinski definition) is 0. The van der Waals surface area contributed by atoms with Crippen LogP contribution in [-0.4, -0.2) is 0 Å². The van der Waals surface area contributed by atoms with Crippen LogP contribution in [0.2, 0.25) is 0 Å². The molecule has 4 aliphatic carbocycles. The van der Waals surface area contributed by atoms with Crippen molar-refractivity contribution < 1.29 is 0 Å². The molecule has 4 saturated carbocycles. The molecule has 0 spiro atoms. The molecule has 0 aromatic carbocycles. The molecular formula is C14H22. The zero-order chi connectivity index (χ0) is 9.76. The Morgan fingerprint density at radius 3 is 1.86 bits per heavy atom. The number of hydrogen-bond acceptors (Lipinski definition) is 0. The van der Waals surface area contributed by atoms with Gasteiger partial charge in [0.1, 0.15) is 0 Å². The van der Waals surface area contributed by atoms with Crippen molar-refractivity contribution >= 4 is 0 Å². The van der Waals surface area contributed by atoms with Gasteiger partial charge in [0, 0.05) is 0 Å². The summed E-state index contributed by atoms with van der Waals surface area (Å²) in [6.45, 7) is 6.35. The summed E-state index contributed by atoms with van der Waals surface area (Å²) in [6, 6.07) is 0. The van der Waals surface area contributed by atoms with Crippen LogP contribution in [0.3, 0.4) is 0 Å². The van der Waals surface area contributed by atoms with E-state index in [0.717, 1.165) is 23.2 Å². The van der Waals surface area contributed by atoms with Crippen LogP contribution in [0, 0.1) is 23.2 Å². The predicted octanol–water partition coefficient (Wildman–Crippen LogP) is 4.17. The Kier molecular flexibility index (Phi) is 1.84. The first-order chi connectivity index (χ1) is 6.65. The van der Waals surface area contributed by atoms with E-state index in [2.05, 4.69) is 13.5 Å². The lowest BCUT2D eigenvalue weighted by Gasteiger charge is -2.57. The molecule has 0 unspecified atom stereocenters. The van der Waals surface area contributed by atoms with Gasteiger partial charge < -0.3 is 0 Å². The third-order valence-corrected chi connectivity index (χ3v) is 4.84. The molecule has 0 saturated heterocycles. The molecule has 0 N–H and O–H groups in total. The average molecular weight is 190 g/mol. The Hall–Kier alpha value is -0.260. The van der Waals surface area contributed by atoms with Gasteiger partial charge in [-0.2, -0.15) is 0 Å². The van der Waals surface area contributed by atoms with E-state index < -0.39 is 0 Å². The van der Waals surface area contributed by atoms with Gasteiger partial charge in [0.05, 0.1) is 0 Å². The molecule has 0 amide bonds. The quantitative estimate of drug-likeness (QED) is 0.573. The van der Waals surface area contributed by atoms with Crippen molar-refractivity contribution in [2.75, 3.05) is 0 Å². The molecule has 0 aromatic heterocycles. The molecule has 0 aliphatic heterocycles. The molecule has 0 nitrogen and oxygen atoms in total. The van der Waals surface area contributed by atoms with E-state index >= 15 is 0 Å². The van der Waals surface area contributed by atoms with Crippen LogP contribution in [-0.2, 0) is 0 Å². The summed E-state index contributed by atoms with van der Waals surface area (Å²) in [5, 5.41) is 0. The molecule has 0 heterocycles. The summed E-state index contributed by atoms with van der Waals surface area (Å²) >= 11 is 0. The van der Waals surface area contributed by atoms with Crippen LogP contribution < -0.4 is 0 Å². The Labute approximate surface area is 87.8 Å². The van der Waals surface area contributed by atoms with E-state index in [1.165, 1.54) is 31.3 Å². The molecule has 0 radical (unpaired) electrons. The minimum atomic E-state index is 0.723. The third kappa shape index (κ3) is 1.34. The van der Waals surface area contributed by atoms with Crippen molar-refractivity contribution in [1.29, 1.82) is 0 Å². The first-order valence-electron chi connectivity index (χ1n) is 6.30. The van der Waals surface area contributed by atoms with Crippen molar-refractivity contribution in [1.82, 2.24) is 0 Å². The number of allylic oxidation sites excluding steroid dienone is 1. The topological polar surface area (TPSA) is 0 Å². The van der Waals surface area contributed by atoms with Crippen molar-refractivity contribution in [2.45, 2.75) is 51.9 Å². The molecule has 0 atom stereocenters. The smallest absolute Gasteiger partial charge is 0.0253 e. The fourth-order valence-electron chi connectivity index (χ4n) is 5.15. The van der Waals surface area contributed by atoms with Crippen LogP contribution in [0.25, 0.3) is 0 Å². The van der Waals surface area contributed by atoms with Gasteiger partial charge in [-0.1, -0.05) is 5.57 Å². The first kappa shape index (κ1) is 9.00. The van der Waals surface area contributed by atoms with Gasteiger partial charge >= 0.3 is 0 Å². The zero-order valence-corrected chi connectivity index (χ0v) is 9.39. The summed E-state index contributed by atoms with van der Waals surface area (Å²) in [6.07, 6.45) is 10.6. The monoisotopic (exact) mass is 190 g/mol. The Morgan fingerprint density at radius 1 is 1.07 bits per heavy atom. The molecule has 4 fully saturated rings. The van der Waals surface area contributed by atoms with Crippen molar-refractivity contribution in [3.8, 4) is 0 Å². The van der Waals surface area contributed by atoms with Crippen molar-refractivity contribution in [2.24, 2.45) is 23.2 Å². The van der Waals surface area contributed by atoms with Gasteiger partial charge in [0.15, 0.2) is 0 Å². The summed E-state index contributed by atoms with van der Waals surface area (Å²) < 4.78 is 0. The highest BCUT2D eigenvalue weighted by atomic mass is 14.5. The van der Waals surface area contributed by atoms with Crippen LogP contribution in [0.15, 0.2) is 12.2 Å². The lowest BCUT2D eigenvalue weighted by atomic mass is 9.48. The summed E-state index contributed by atoms with van der Waals surface area (Å²) in [5.74, 6) is 3.29. The number of rotatable bonds is 2. The molecular weight excluding hydrogens is 168 g/mol. The molecule has 78 valence electrons. The maximum atomic E-state index is 4.13. The van der Waals surface area contributed by atoms with Crippen molar-refractivity contribution in [3.63, 3.8) is 0 Å². The summed E-state index contributed by atoms with van der Waals surface area (Å²) in [7, 11) is 0. The maximum absolute atomic E-state index is 4.13. The summed E-state index contributed by atoms with van der Waals surface area (Å²) in [5.41, 5.74) is 2.15. The molecule has 0 heteroatoms. The maximum Gasteiger partial charge on any atom is -0.0253 e.